The van der Waals surface area contributed by atoms with E-state index in [-0.39, 0.29) is 28.7 Å². The van der Waals surface area contributed by atoms with Crippen LogP contribution in [0.15, 0.2) is 16.3 Å². The molecule has 0 aliphatic carbocycles. The second-order valence-electron chi connectivity index (χ2n) is 4.87. The highest BCUT2D eigenvalue weighted by Crippen LogP contribution is 2.28. The maximum Gasteiger partial charge on any atom is 0.308 e. The Labute approximate surface area is 127 Å². The van der Waals surface area contributed by atoms with Crippen LogP contribution in [0.5, 0.6) is 0 Å². The molecule has 1 saturated heterocycles. The van der Waals surface area contributed by atoms with Gasteiger partial charge in [-0.1, -0.05) is 0 Å². The first-order chi connectivity index (χ1) is 9.62. The molecule has 2 heterocycles. The highest BCUT2D eigenvalue weighted by molar-refractivity contribution is 7.92. The van der Waals surface area contributed by atoms with Gasteiger partial charge in [-0.2, -0.15) is 4.31 Å². The number of aliphatic carboxylic acids is 1. The van der Waals surface area contributed by atoms with Gasteiger partial charge in [0.05, 0.1) is 17.9 Å². The molecular formula is C11H15NO6S3. The predicted octanol–water partition coefficient (Wildman–Crippen LogP) is 0.183. The normalized spacial score (nSPS) is 23.0. The molecular weight excluding hydrogens is 338 g/mol. The summed E-state index contributed by atoms with van der Waals surface area (Å²) in [5.41, 5.74) is 0. The Morgan fingerprint density at radius 3 is 2.71 bits per heavy atom. The lowest BCUT2D eigenvalue weighted by Gasteiger charge is -2.31. The smallest absolute Gasteiger partial charge is 0.308 e. The molecule has 7 nitrogen and oxygen atoms in total. The van der Waals surface area contributed by atoms with Crippen molar-refractivity contribution in [1.29, 1.82) is 0 Å². The SMILES string of the molecule is CC1CS(=O)(=O)CCN1S(=O)(=O)c1ccc(CC(=O)O)s1. The molecule has 1 N–H and O–H groups in total. The third kappa shape index (κ3) is 3.62. The molecule has 118 valence electrons. The summed E-state index contributed by atoms with van der Waals surface area (Å²) in [6, 6.07) is 2.21. The third-order valence-electron chi connectivity index (χ3n) is 3.13. The number of hydrogen-bond donors (Lipinski definition) is 1. The fourth-order valence-corrected chi connectivity index (χ4v) is 7.07. The van der Waals surface area contributed by atoms with Crippen molar-refractivity contribution >= 4 is 37.2 Å². The summed E-state index contributed by atoms with van der Waals surface area (Å²) >= 11 is 0.904. The van der Waals surface area contributed by atoms with Crippen molar-refractivity contribution in [1.82, 2.24) is 4.31 Å². The molecule has 10 heteroatoms. The maximum atomic E-state index is 12.5. The standard InChI is InChI=1S/C11H15NO6S3/c1-8-7-20(15,16)5-4-12(8)21(17,18)11-3-2-9(19-11)6-10(13)14/h2-3,8H,4-7H2,1H3,(H,13,14). The van der Waals surface area contributed by atoms with Crippen LogP contribution < -0.4 is 0 Å². The molecule has 21 heavy (non-hydrogen) atoms. The summed E-state index contributed by atoms with van der Waals surface area (Å²) in [6.45, 7) is 1.48. The van der Waals surface area contributed by atoms with Gasteiger partial charge >= 0.3 is 5.97 Å². The van der Waals surface area contributed by atoms with E-state index in [1.807, 2.05) is 0 Å². The van der Waals surface area contributed by atoms with E-state index >= 15 is 0 Å². The monoisotopic (exact) mass is 353 g/mol. The van der Waals surface area contributed by atoms with Gasteiger partial charge in [0.2, 0.25) is 0 Å². The van der Waals surface area contributed by atoms with Crippen molar-refractivity contribution in [3.8, 4) is 0 Å². The van der Waals surface area contributed by atoms with Crippen molar-refractivity contribution in [3.05, 3.63) is 17.0 Å². The number of rotatable bonds is 4. The highest BCUT2D eigenvalue weighted by Gasteiger charge is 2.37. The second kappa shape index (κ2) is 5.67. The minimum absolute atomic E-state index is 0.0462. The number of sulfone groups is 1. The number of carbonyl (C=O) groups is 1. The van der Waals surface area contributed by atoms with Crippen LogP contribution in [0.2, 0.25) is 0 Å². The van der Waals surface area contributed by atoms with E-state index in [4.69, 9.17) is 5.11 Å². The quantitative estimate of drug-likeness (QED) is 0.827. The van der Waals surface area contributed by atoms with Crippen LogP contribution >= 0.6 is 11.3 Å². The molecule has 1 unspecified atom stereocenters. The molecule has 1 atom stereocenters. The first-order valence-corrected chi connectivity index (χ1v) is 10.2. The third-order valence-corrected chi connectivity index (χ3v) is 8.50. The minimum atomic E-state index is -3.78. The van der Waals surface area contributed by atoms with E-state index < -0.39 is 31.9 Å². The molecule has 0 amide bonds. The molecule has 1 aliphatic rings. The van der Waals surface area contributed by atoms with E-state index in [1.165, 1.54) is 16.4 Å². The Hall–Kier alpha value is -0.970. The summed E-state index contributed by atoms with van der Waals surface area (Å²) in [4.78, 5) is 11.1. The van der Waals surface area contributed by atoms with Gasteiger partial charge in [-0.15, -0.1) is 11.3 Å². The molecule has 0 spiro atoms. The molecule has 1 aromatic heterocycles. The summed E-state index contributed by atoms with van der Waals surface area (Å²) in [5, 5.41) is 8.71. The molecule has 0 saturated carbocycles. The van der Waals surface area contributed by atoms with Crippen LogP contribution in [0, 0.1) is 0 Å². The van der Waals surface area contributed by atoms with Gasteiger partial charge in [-0.25, -0.2) is 16.8 Å². The molecule has 1 aromatic rings. The lowest BCUT2D eigenvalue weighted by atomic mass is 10.3. The van der Waals surface area contributed by atoms with Crippen LogP contribution in [-0.2, 0) is 31.1 Å². The van der Waals surface area contributed by atoms with E-state index in [1.54, 1.807) is 6.92 Å². The van der Waals surface area contributed by atoms with Gasteiger partial charge in [0.25, 0.3) is 10.0 Å². The van der Waals surface area contributed by atoms with Crippen LogP contribution in [0.1, 0.15) is 11.8 Å². The van der Waals surface area contributed by atoms with Crippen LogP contribution in [0.3, 0.4) is 0 Å². The zero-order valence-electron chi connectivity index (χ0n) is 11.2. The Morgan fingerprint density at radius 2 is 2.14 bits per heavy atom. The van der Waals surface area contributed by atoms with Crippen LogP contribution in [0.4, 0.5) is 0 Å². The Kier molecular flexibility index (Phi) is 4.43. The van der Waals surface area contributed by atoms with Gasteiger partial charge in [-0.05, 0) is 19.1 Å². The number of thiophene rings is 1. The van der Waals surface area contributed by atoms with Gasteiger partial charge in [0.1, 0.15) is 4.21 Å². The van der Waals surface area contributed by atoms with Gasteiger partial charge < -0.3 is 5.11 Å². The highest BCUT2D eigenvalue weighted by atomic mass is 32.2. The number of carboxylic acid groups (broad SMARTS) is 1. The molecule has 0 radical (unpaired) electrons. The maximum absolute atomic E-state index is 12.5. The van der Waals surface area contributed by atoms with Crippen LogP contribution in [-0.4, -0.2) is 56.3 Å². The second-order valence-corrected chi connectivity index (χ2v) is 10.4. The molecule has 0 bridgehead atoms. The lowest BCUT2D eigenvalue weighted by Crippen LogP contribution is -2.49. The predicted molar refractivity (Wildman–Crippen MR) is 77.7 cm³/mol. The molecule has 1 aliphatic heterocycles. The molecule has 1 fully saturated rings. The Bertz CT molecular complexity index is 749. The Balaban J connectivity index is 2.26. The minimum Gasteiger partial charge on any atom is -0.481 e. The topological polar surface area (TPSA) is 109 Å². The first kappa shape index (κ1) is 16.4. The zero-order valence-corrected chi connectivity index (χ0v) is 13.7. The van der Waals surface area contributed by atoms with Crippen molar-refractivity contribution in [2.24, 2.45) is 0 Å². The largest absolute Gasteiger partial charge is 0.481 e. The van der Waals surface area contributed by atoms with Crippen molar-refractivity contribution in [2.45, 2.75) is 23.6 Å². The number of carboxylic acids is 1. The van der Waals surface area contributed by atoms with Crippen molar-refractivity contribution < 1.29 is 26.7 Å². The fourth-order valence-electron chi connectivity index (χ4n) is 2.20. The Morgan fingerprint density at radius 1 is 1.48 bits per heavy atom. The first-order valence-electron chi connectivity index (χ1n) is 6.14. The van der Waals surface area contributed by atoms with E-state index in [2.05, 4.69) is 0 Å². The average Bonchev–Trinajstić information content (AvgIpc) is 2.75. The van der Waals surface area contributed by atoms with Crippen LogP contribution in [0.25, 0.3) is 0 Å². The number of nitrogens with zero attached hydrogens (tertiary/aromatic N) is 1. The summed E-state index contributed by atoms with van der Waals surface area (Å²) in [6.07, 6.45) is -0.232. The lowest BCUT2D eigenvalue weighted by molar-refractivity contribution is -0.136. The van der Waals surface area contributed by atoms with Gasteiger partial charge in [-0.3, -0.25) is 4.79 Å². The number of sulfonamides is 1. The zero-order chi connectivity index (χ0) is 15.8. The van der Waals surface area contributed by atoms with E-state index in [9.17, 15) is 21.6 Å². The van der Waals surface area contributed by atoms with Gasteiger partial charge in [0.15, 0.2) is 9.84 Å². The number of hydrogen-bond acceptors (Lipinski definition) is 6. The molecule has 0 aromatic carbocycles. The van der Waals surface area contributed by atoms with E-state index in [0.717, 1.165) is 11.3 Å². The molecule has 2 rings (SSSR count). The fraction of sp³-hybridized carbons (Fsp3) is 0.545. The van der Waals surface area contributed by atoms with Crippen molar-refractivity contribution in [2.75, 3.05) is 18.1 Å². The summed E-state index contributed by atoms with van der Waals surface area (Å²) < 4.78 is 49.2. The summed E-state index contributed by atoms with van der Waals surface area (Å²) in [5.74, 6) is -1.41. The average molecular weight is 353 g/mol. The van der Waals surface area contributed by atoms with Gasteiger partial charge in [0, 0.05) is 17.5 Å². The van der Waals surface area contributed by atoms with E-state index in [0.29, 0.717) is 4.88 Å². The van der Waals surface area contributed by atoms with Crippen molar-refractivity contribution in [3.63, 3.8) is 0 Å². The summed E-state index contributed by atoms with van der Waals surface area (Å²) in [7, 11) is -6.98.